The van der Waals surface area contributed by atoms with Gasteiger partial charge in [0.2, 0.25) is 5.91 Å². The van der Waals surface area contributed by atoms with Gasteiger partial charge in [0.15, 0.2) is 17.3 Å². The van der Waals surface area contributed by atoms with Gasteiger partial charge in [-0.2, -0.15) is 5.10 Å². The number of halogens is 1. The van der Waals surface area contributed by atoms with E-state index in [-0.39, 0.29) is 28.7 Å². The van der Waals surface area contributed by atoms with Crippen LogP contribution in [0.15, 0.2) is 48.8 Å². The largest absolute Gasteiger partial charge is 0.493 e. The van der Waals surface area contributed by atoms with Crippen molar-refractivity contribution in [2.75, 3.05) is 30.9 Å². The van der Waals surface area contributed by atoms with E-state index in [0.29, 0.717) is 52.7 Å². The van der Waals surface area contributed by atoms with Crippen LogP contribution in [0.4, 0.5) is 21.7 Å². The first-order valence-electron chi connectivity index (χ1n) is 16.8. The van der Waals surface area contributed by atoms with Gasteiger partial charge in [0, 0.05) is 47.0 Å². The van der Waals surface area contributed by atoms with Gasteiger partial charge < -0.3 is 20.1 Å². The number of amides is 1. The molecule has 1 aliphatic carbocycles. The van der Waals surface area contributed by atoms with E-state index in [0.717, 1.165) is 18.4 Å². The summed E-state index contributed by atoms with van der Waals surface area (Å²) in [5.41, 5.74) is 1.88. The van der Waals surface area contributed by atoms with Crippen LogP contribution in [0.25, 0.3) is 10.9 Å². The maximum Gasteiger partial charge on any atom is 0.230 e. The number of benzene rings is 2. The molecule has 258 valence electrons. The van der Waals surface area contributed by atoms with Gasteiger partial charge in [-0.15, -0.1) is 0 Å². The molecule has 0 spiro atoms. The number of carbonyl (C=O) groups excluding carboxylic acids is 1. The van der Waals surface area contributed by atoms with Crippen LogP contribution < -0.4 is 20.1 Å². The second-order valence-corrected chi connectivity index (χ2v) is 14.9. The van der Waals surface area contributed by atoms with Crippen molar-refractivity contribution in [2.24, 2.45) is 10.8 Å². The number of H-pyrrole nitrogens is 1. The molecule has 5 rings (SSSR count). The summed E-state index contributed by atoms with van der Waals surface area (Å²) in [6.07, 6.45) is 6.21. The monoisotopic (exact) mass is 659 g/mol. The number of hydrogen-bond donors (Lipinski definition) is 3. The van der Waals surface area contributed by atoms with Gasteiger partial charge in [-0.05, 0) is 61.3 Å². The van der Waals surface area contributed by atoms with Gasteiger partial charge >= 0.3 is 0 Å². The van der Waals surface area contributed by atoms with Crippen molar-refractivity contribution in [3.8, 4) is 11.5 Å². The molecule has 10 nitrogen and oxygen atoms in total. The Morgan fingerprint density at radius 3 is 2.42 bits per heavy atom. The minimum absolute atomic E-state index is 0.0103. The Balaban J connectivity index is 1.25. The van der Waals surface area contributed by atoms with Crippen LogP contribution in [-0.4, -0.2) is 62.8 Å². The number of ether oxygens (including phenoxy) is 2. The number of aromatic nitrogens is 4. The molecule has 1 aliphatic rings. The molecule has 2 heterocycles. The Morgan fingerprint density at radius 2 is 1.77 bits per heavy atom. The first-order chi connectivity index (χ1) is 22.7. The van der Waals surface area contributed by atoms with Crippen molar-refractivity contribution in [1.29, 1.82) is 0 Å². The molecule has 1 amide bonds. The molecule has 0 aliphatic heterocycles. The molecular formula is C37H50FN7O3. The third kappa shape index (κ3) is 7.56. The number of nitrogens with one attached hydrogen (secondary N) is 3. The number of methoxy groups -OCH3 is 1. The standard InChI is InChI=1S/C37H50FN7O3/c1-35(2,3)37(7,36(4,5)6)45(27-14-10-15-27)16-11-17-48-31-22-29-28(21-30(31)47-8)34(40-23-39-29)42-32-19-26(43-44-32)20-33(46)41-25-13-9-12-24(38)18-25/h9,12-13,18-19,21-23,27H,10-11,14-17,20H2,1-8H3,(H,41,46)(H2,39,40,42,43,44). The van der Waals surface area contributed by atoms with Crippen molar-refractivity contribution >= 4 is 34.1 Å². The molecule has 3 N–H and O–H groups in total. The molecule has 0 atom stereocenters. The van der Waals surface area contributed by atoms with Crippen LogP contribution in [0.1, 0.15) is 79.8 Å². The highest BCUT2D eigenvalue weighted by Gasteiger charge is 2.52. The van der Waals surface area contributed by atoms with E-state index >= 15 is 0 Å². The minimum Gasteiger partial charge on any atom is -0.493 e. The van der Waals surface area contributed by atoms with Crippen LogP contribution in [0.2, 0.25) is 0 Å². The Morgan fingerprint density at radius 1 is 1.02 bits per heavy atom. The fourth-order valence-corrected chi connectivity index (χ4v) is 6.89. The normalized spacial score (nSPS) is 14.2. The molecule has 2 aromatic carbocycles. The molecule has 0 bridgehead atoms. The van der Waals surface area contributed by atoms with Crippen LogP contribution in [0.3, 0.4) is 0 Å². The summed E-state index contributed by atoms with van der Waals surface area (Å²) in [5.74, 6) is 1.52. The third-order valence-corrected chi connectivity index (χ3v) is 10.1. The highest BCUT2D eigenvalue weighted by Crippen LogP contribution is 2.50. The quantitative estimate of drug-likeness (QED) is 0.124. The average Bonchev–Trinajstić information content (AvgIpc) is 3.42. The number of aromatic amines is 1. The molecular weight excluding hydrogens is 609 g/mol. The van der Waals surface area contributed by atoms with Gasteiger partial charge in [0.1, 0.15) is 18.0 Å². The van der Waals surface area contributed by atoms with E-state index in [1.807, 2.05) is 12.1 Å². The highest BCUT2D eigenvalue weighted by molar-refractivity contribution is 5.93. The lowest BCUT2D eigenvalue weighted by atomic mass is 9.59. The summed E-state index contributed by atoms with van der Waals surface area (Å²) >= 11 is 0. The Kier molecular flexibility index (Phi) is 10.3. The van der Waals surface area contributed by atoms with Gasteiger partial charge in [-0.3, -0.25) is 14.8 Å². The molecule has 1 fully saturated rings. The molecule has 2 aromatic heterocycles. The maximum atomic E-state index is 13.5. The Bertz CT molecular complexity index is 1710. The van der Waals surface area contributed by atoms with Crippen LogP contribution in [-0.2, 0) is 11.2 Å². The molecule has 1 saturated carbocycles. The first kappa shape index (κ1) is 35.1. The van der Waals surface area contributed by atoms with E-state index in [1.54, 1.807) is 25.3 Å². The van der Waals surface area contributed by atoms with Gasteiger partial charge in [-0.25, -0.2) is 14.4 Å². The summed E-state index contributed by atoms with van der Waals surface area (Å²) in [6.45, 7) is 18.2. The fraction of sp³-hybridized carbons (Fsp3) is 0.514. The predicted molar refractivity (Wildman–Crippen MR) is 188 cm³/mol. The minimum atomic E-state index is -0.417. The number of anilines is 3. The van der Waals surface area contributed by atoms with Crippen molar-refractivity contribution in [3.63, 3.8) is 0 Å². The van der Waals surface area contributed by atoms with Crippen molar-refractivity contribution in [1.82, 2.24) is 25.1 Å². The lowest BCUT2D eigenvalue weighted by Gasteiger charge is -2.61. The second kappa shape index (κ2) is 14.1. The molecule has 0 saturated heterocycles. The van der Waals surface area contributed by atoms with Crippen molar-refractivity contribution in [3.05, 3.63) is 60.3 Å². The zero-order chi connectivity index (χ0) is 34.7. The zero-order valence-electron chi connectivity index (χ0n) is 29.5. The van der Waals surface area contributed by atoms with E-state index in [2.05, 4.69) is 84.2 Å². The van der Waals surface area contributed by atoms with Crippen LogP contribution in [0.5, 0.6) is 11.5 Å². The maximum absolute atomic E-state index is 13.5. The van der Waals surface area contributed by atoms with Gasteiger partial charge in [0.05, 0.1) is 25.7 Å². The SMILES string of the molecule is COc1cc2c(Nc3cc(CC(=O)Nc4cccc(F)c4)[nH]n3)ncnc2cc1OCCCN(C1CCC1)C(C)(C(C)(C)C)C(C)(C)C. The fourth-order valence-electron chi connectivity index (χ4n) is 6.89. The summed E-state index contributed by atoms with van der Waals surface area (Å²) in [6, 6.07) is 11.8. The van der Waals surface area contributed by atoms with E-state index in [9.17, 15) is 9.18 Å². The molecule has 48 heavy (non-hydrogen) atoms. The number of hydrogen-bond acceptors (Lipinski definition) is 8. The van der Waals surface area contributed by atoms with E-state index < -0.39 is 5.82 Å². The topological polar surface area (TPSA) is 117 Å². The summed E-state index contributed by atoms with van der Waals surface area (Å²) in [7, 11) is 1.62. The number of rotatable bonds is 13. The van der Waals surface area contributed by atoms with Gasteiger partial charge in [0.25, 0.3) is 0 Å². The van der Waals surface area contributed by atoms with E-state index in [4.69, 9.17) is 9.47 Å². The highest BCUT2D eigenvalue weighted by atomic mass is 19.1. The van der Waals surface area contributed by atoms with Gasteiger partial charge in [-0.1, -0.05) is 54.0 Å². The molecule has 0 radical (unpaired) electrons. The number of carbonyl (C=O) groups is 1. The molecule has 0 unspecified atom stereocenters. The number of fused-ring (bicyclic) bond motifs is 1. The average molecular weight is 660 g/mol. The van der Waals surface area contributed by atoms with Crippen LogP contribution in [0, 0.1) is 16.6 Å². The Labute approximate surface area is 283 Å². The third-order valence-electron chi connectivity index (χ3n) is 10.1. The second-order valence-electron chi connectivity index (χ2n) is 14.9. The summed E-state index contributed by atoms with van der Waals surface area (Å²) < 4.78 is 25.5. The Hall–Kier alpha value is -4.25. The van der Waals surface area contributed by atoms with E-state index in [1.165, 1.54) is 37.7 Å². The predicted octanol–water partition coefficient (Wildman–Crippen LogP) is 7.90. The molecule has 4 aromatic rings. The molecule has 11 heteroatoms. The zero-order valence-corrected chi connectivity index (χ0v) is 29.5. The summed E-state index contributed by atoms with van der Waals surface area (Å²) in [5, 5.41) is 13.8. The summed E-state index contributed by atoms with van der Waals surface area (Å²) in [4.78, 5) is 24.2. The smallest absolute Gasteiger partial charge is 0.230 e. The van der Waals surface area contributed by atoms with Crippen molar-refractivity contribution < 1.29 is 18.7 Å². The first-order valence-corrected chi connectivity index (χ1v) is 16.8. The number of nitrogens with zero attached hydrogens (tertiary/aromatic N) is 4. The van der Waals surface area contributed by atoms with Crippen molar-refractivity contribution in [2.45, 2.75) is 92.2 Å². The van der Waals surface area contributed by atoms with Crippen LogP contribution >= 0.6 is 0 Å². The lowest BCUT2D eigenvalue weighted by Crippen LogP contribution is -2.66. The lowest BCUT2D eigenvalue weighted by molar-refractivity contribution is -0.115.